The summed E-state index contributed by atoms with van der Waals surface area (Å²) in [6, 6.07) is 3.73. The summed E-state index contributed by atoms with van der Waals surface area (Å²) in [5, 5.41) is 5.98. The van der Waals surface area contributed by atoms with Gasteiger partial charge in [-0.2, -0.15) is 0 Å². The second-order valence-corrected chi connectivity index (χ2v) is 3.24. The Bertz CT molecular complexity index is 293. The molecule has 1 aromatic heterocycles. The van der Waals surface area contributed by atoms with E-state index in [-0.39, 0.29) is 18.3 Å². The molecule has 0 saturated heterocycles. The summed E-state index contributed by atoms with van der Waals surface area (Å²) in [7, 11) is 0. The summed E-state index contributed by atoms with van der Waals surface area (Å²) >= 11 is 0. The normalized spacial score (nSPS) is 9.31. The van der Waals surface area contributed by atoms with Crippen LogP contribution >= 0.6 is 12.4 Å². The van der Waals surface area contributed by atoms with Gasteiger partial charge < -0.3 is 10.6 Å². The number of aromatic nitrogens is 1. The van der Waals surface area contributed by atoms with Crippen LogP contribution in [0, 0.1) is 0 Å². The van der Waals surface area contributed by atoms with E-state index < -0.39 is 0 Å². The summed E-state index contributed by atoms with van der Waals surface area (Å²) in [5.74, 6) is 0.0425. The highest BCUT2D eigenvalue weighted by molar-refractivity contribution is 5.85. The van der Waals surface area contributed by atoms with E-state index in [9.17, 15) is 4.79 Å². The van der Waals surface area contributed by atoms with Gasteiger partial charge in [0.05, 0.1) is 6.42 Å². The summed E-state index contributed by atoms with van der Waals surface area (Å²) in [4.78, 5) is 15.4. The van der Waals surface area contributed by atoms with Crippen molar-refractivity contribution in [3.8, 4) is 0 Å². The molecule has 0 aliphatic heterocycles. The summed E-state index contributed by atoms with van der Waals surface area (Å²) < 4.78 is 0. The SMILES string of the molecule is CCNCCNC(=O)Cc1cccnc1.Cl. The number of carbonyl (C=O) groups excluding carboxylic acids is 1. The fourth-order valence-corrected chi connectivity index (χ4v) is 1.22. The number of amides is 1. The second-order valence-electron chi connectivity index (χ2n) is 3.24. The zero-order chi connectivity index (χ0) is 10.9. The number of hydrogen-bond donors (Lipinski definition) is 2. The third kappa shape index (κ3) is 6.37. The van der Waals surface area contributed by atoms with E-state index in [0.717, 1.165) is 18.7 Å². The van der Waals surface area contributed by atoms with Crippen LogP contribution < -0.4 is 10.6 Å². The van der Waals surface area contributed by atoms with Gasteiger partial charge >= 0.3 is 0 Å². The molecule has 0 spiro atoms. The second kappa shape index (κ2) is 9.12. The molecule has 1 amide bonds. The molecule has 1 heterocycles. The third-order valence-electron chi connectivity index (χ3n) is 1.96. The molecule has 16 heavy (non-hydrogen) atoms. The third-order valence-corrected chi connectivity index (χ3v) is 1.96. The van der Waals surface area contributed by atoms with Crippen molar-refractivity contribution < 1.29 is 4.79 Å². The zero-order valence-corrected chi connectivity index (χ0v) is 10.2. The highest BCUT2D eigenvalue weighted by Gasteiger charge is 2.01. The van der Waals surface area contributed by atoms with Gasteiger partial charge in [0.1, 0.15) is 0 Å². The number of nitrogens with one attached hydrogen (secondary N) is 2. The predicted octanol–water partition coefficient (Wildman–Crippen LogP) is 0.772. The van der Waals surface area contributed by atoms with Crippen LogP contribution in [0.3, 0.4) is 0 Å². The smallest absolute Gasteiger partial charge is 0.224 e. The first kappa shape index (κ1) is 14.9. The standard InChI is InChI=1S/C11H17N3O.ClH/c1-2-12-6-7-14-11(15)8-10-4-3-5-13-9-10;/h3-5,9,12H,2,6-8H2,1H3,(H,14,15);1H. The lowest BCUT2D eigenvalue weighted by Gasteiger charge is -2.05. The molecular formula is C11H18ClN3O. The van der Waals surface area contributed by atoms with E-state index in [1.54, 1.807) is 12.4 Å². The molecular weight excluding hydrogens is 226 g/mol. The quantitative estimate of drug-likeness (QED) is 0.726. The van der Waals surface area contributed by atoms with Crippen molar-refractivity contribution in [1.29, 1.82) is 0 Å². The molecule has 0 aliphatic carbocycles. The topological polar surface area (TPSA) is 54.0 Å². The maximum Gasteiger partial charge on any atom is 0.224 e. The van der Waals surface area contributed by atoms with Gasteiger partial charge in [-0.1, -0.05) is 13.0 Å². The number of likely N-dealkylation sites (N-methyl/N-ethyl adjacent to an activating group) is 1. The van der Waals surface area contributed by atoms with Crippen molar-refractivity contribution in [2.75, 3.05) is 19.6 Å². The first-order valence-corrected chi connectivity index (χ1v) is 5.19. The van der Waals surface area contributed by atoms with E-state index >= 15 is 0 Å². The molecule has 0 radical (unpaired) electrons. The van der Waals surface area contributed by atoms with Crippen molar-refractivity contribution in [3.05, 3.63) is 30.1 Å². The van der Waals surface area contributed by atoms with E-state index in [4.69, 9.17) is 0 Å². The highest BCUT2D eigenvalue weighted by Crippen LogP contribution is 1.95. The number of pyridine rings is 1. The van der Waals surface area contributed by atoms with Gasteiger partial charge in [0.2, 0.25) is 5.91 Å². The molecule has 90 valence electrons. The number of hydrogen-bond acceptors (Lipinski definition) is 3. The minimum Gasteiger partial charge on any atom is -0.355 e. The molecule has 0 aliphatic rings. The molecule has 4 nitrogen and oxygen atoms in total. The number of halogens is 1. The Kier molecular flexibility index (Phi) is 8.48. The average Bonchev–Trinajstić information content (AvgIpc) is 2.26. The van der Waals surface area contributed by atoms with E-state index in [0.29, 0.717) is 13.0 Å². The van der Waals surface area contributed by atoms with Crippen LogP contribution in [-0.2, 0) is 11.2 Å². The summed E-state index contributed by atoms with van der Waals surface area (Å²) in [6.45, 7) is 4.46. The number of carbonyl (C=O) groups is 1. The molecule has 0 fully saturated rings. The Labute approximate surface area is 102 Å². The minimum absolute atomic E-state index is 0. The lowest BCUT2D eigenvalue weighted by molar-refractivity contribution is -0.120. The van der Waals surface area contributed by atoms with Crippen LogP contribution in [0.15, 0.2) is 24.5 Å². The average molecular weight is 244 g/mol. The molecule has 1 rings (SSSR count). The van der Waals surface area contributed by atoms with E-state index in [1.165, 1.54) is 0 Å². The van der Waals surface area contributed by atoms with Crippen LogP contribution in [0.5, 0.6) is 0 Å². The Morgan fingerprint density at radius 1 is 1.44 bits per heavy atom. The van der Waals surface area contributed by atoms with Crippen LogP contribution in [0.2, 0.25) is 0 Å². The molecule has 0 bridgehead atoms. The fourth-order valence-electron chi connectivity index (χ4n) is 1.22. The van der Waals surface area contributed by atoms with Crippen molar-refractivity contribution in [1.82, 2.24) is 15.6 Å². The zero-order valence-electron chi connectivity index (χ0n) is 9.40. The Balaban J connectivity index is 0.00000225. The lowest BCUT2D eigenvalue weighted by atomic mass is 10.2. The van der Waals surface area contributed by atoms with E-state index in [1.807, 2.05) is 19.1 Å². The van der Waals surface area contributed by atoms with Gasteiger partial charge in [-0.25, -0.2) is 0 Å². The first-order chi connectivity index (χ1) is 7.33. The van der Waals surface area contributed by atoms with Crippen molar-refractivity contribution in [2.24, 2.45) is 0 Å². The molecule has 5 heteroatoms. The largest absolute Gasteiger partial charge is 0.355 e. The maximum absolute atomic E-state index is 11.4. The molecule has 0 unspecified atom stereocenters. The van der Waals surface area contributed by atoms with Gasteiger partial charge in [0.15, 0.2) is 0 Å². The first-order valence-electron chi connectivity index (χ1n) is 5.19. The summed E-state index contributed by atoms with van der Waals surface area (Å²) in [5.41, 5.74) is 0.943. The highest BCUT2D eigenvalue weighted by atomic mass is 35.5. The van der Waals surface area contributed by atoms with Gasteiger partial charge in [0.25, 0.3) is 0 Å². The fraction of sp³-hybridized carbons (Fsp3) is 0.455. The Morgan fingerprint density at radius 3 is 2.88 bits per heavy atom. The monoisotopic (exact) mass is 243 g/mol. The molecule has 2 N–H and O–H groups in total. The van der Waals surface area contributed by atoms with Crippen LogP contribution in [0.4, 0.5) is 0 Å². The minimum atomic E-state index is 0. The van der Waals surface area contributed by atoms with Gasteiger partial charge in [0, 0.05) is 25.5 Å². The van der Waals surface area contributed by atoms with Crippen molar-refractivity contribution in [3.63, 3.8) is 0 Å². The Hall–Kier alpha value is -1.13. The predicted molar refractivity (Wildman–Crippen MR) is 66.7 cm³/mol. The molecule has 1 aromatic rings. The molecule has 0 saturated carbocycles. The van der Waals surface area contributed by atoms with Gasteiger partial charge in [-0.05, 0) is 18.2 Å². The van der Waals surface area contributed by atoms with Crippen LogP contribution in [0.1, 0.15) is 12.5 Å². The maximum atomic E-state index is 11.4. The summed E-state index contributed by atoms with van der Waals surface area (Å²) in [6.07, 6.45) is 3.82. The lowest BCUT2D eigenvalue weighted by Crippen LogP contribution is -2.32. The van der Waals surface area contributed by atoms with Gasteiger partial charge in [-0.3, -0.25) is 9.78 Å². The van der Waals surface area contributed by atoms with Crippen LogP contribution in [-0.4, -0.2) is 30.5 Å². The van der Waals surface area contributed by atoms with Gasteiger partial charge in [-0.15, -0.1) is 12.4 Å². The van der Waals surface area contributed by atoms with Crippen LogP contribution in [0.25, 0.3) is 0 Å². The van der Waals surface area contributed by atoms with E-state index in [2.05, 4.69) is 15.6 Å². The molecule has 0 atom stereocenters. The van der Waals surface area contributed by atoms with Crippen molar-refractivity contribution in [2.45, 2.75) is 13.3 Å². The van der Waals surface area contributed by atoms with Crippen molar-refractivity contribution >= 4 is 18.3 Å². The number of rotatable bonds is 6. The number of nitrogens with zero attached hydrogens (tertiary/aromatic N) is 1. The molecule has 0 aromatic carbocycles. The Morgan fingerprint density at radius 2 is 2.25 bits per heavy atom.